The molecule has 0 saturated heterocycles. The van der Waals surface area contributed by atoms with Crippen LogP contribution in [0.2, 0.25) is 0 Å². The summed E-state index contributed by atoms with van der Waals surface area (Å²) < 4.78 is 24.9. The summed E-state index contributed by atoms with van der Waals surface area (Å²) in [6.07, 6.45) is 1.50. The molecule has 0 heterocycles. The van der Waals surface area contributed by atoms with Crippen molar-refractivity contribution >= 4 is 9.84 Å². The van der Waals surface area contributed by atoms with Crippen LogP contribution < -0.4 is 0 Å². The van der Waals surface area contributed by atoms with Gasteiger partial charge in [0.25, 0.3) is 0 Å². The van der Waals surface area contributed by atoms with Crippen molar-refractivity contribution in [3.05, 3.63) is 77.2 Å². The highest BCUT2D eigenvalue weighted by molar-refractivity contribution is 7.95. The summed E-state index contributed by atoms with van der Waals surface area (Å²) in [5, 5.41) is 9.22. The summed E-state index contributed by atoms with van der Waals surface area (Å²) in [6, 6.07) is 19.3. The molecule has 0 amide bonds. The van der Waals surface area contributed by atoms with Gasteiger partial charge in [0, 0.05) is 5.92 Å². The molecule has 2 rings (SSSR count). The highest BCUT2D eigenvalue weighted by atomic mass is 32.2. The lowest BCUT2D eigenvalue weighted by Crippen LogP contribution is -2.05. The molecule has 4 heteroatoms. The largest absolute Gasteiger partial charge is 0.218 e. The topological polar surface area (TPSA) is 57.9 Å². The number of hydrogen-bond donors (Lipinski definition) is 0. The van der Waals surface area contributed by atoms with Gasteiger partial charge in [0.05, 0.1) is 4.90 Å². The van der Waals surface area contributed by atoms with E-state index < -0.39 is 9.84 Å². The van der Waals surface area contributed by atoms with Crippen LogP contribution in [0.15, 0.2) is 76.5 Å². The van der Waals surface area contributed by atoms with Crippen LogP contribution >= 0.6 is 0 Å². The monoisotopic (exact) mass is 297 g/mol. The molecule has 2 aromatic carbocycles. The first kappa shape index (κ1) is 15.0. The maximum Gasteiger partial charge on any atom is 0.216 e. The van der Waals surface area contributed by atoms with Gasteiger partial charge >= 0.3 is 0 Å². The summed E-state index contributed by atoms with van der Waals surface area (Å²) in [4.78, 5) is -0.0804. The molecule has 0 aliphatic heterocycles. The van der Waals surface area contributed by atoms with Gasteiger partial charge in [-0.25, -0.2) is 8.42 Å². The van der Waals surface area contributed by atoms with Crippen LogP contribution in [0.4, 0.5) is 0 Å². The zero-order chi connectivity index (χ0) is 15.3. The fourth-order valence-corrected chi connectivity index (χ4v) is 3.27. The van der Waals surface area contributed by atoms with E-state index in [-0.39, 0.29) is 15.7 Å². The van der Waals surface area contributed by atoms with Gasteiger partial charge in [-0.15, -0.1) is 0 Å². The first-order valence-corrected chi connectivity index (χ1v) is 8.01. The number of nitrogens with zero attached hydrogens (tertiary/aromatic N) is 1. The molecule has 0 aliphatic rings. The van der Waals surface area contributed by atoms with Gasteiger partial charge in [-0.05, 0) is 23.8 Å². The molecular weight excluding hydrogens is 282 g/mol. The van der Waals surface area contributed by atoms with Crippen LogP contribution in [0.1, 0.15) is 18.4 Å². The Bertz CT molecular complexity index is 773. The lowest BCUT2D eigenvalue weighted by Gasteiger charge is -2.08. The van der Waals surface area contributed by atoms with Crippen LogP contribution in [0, 0.1) is 11.3 Å². The summed E-state index contributed by atoms with van der Waals surface area (Å²) in [5.41, 5.74) is 0.966. The number of nitriles is 1. The molecule has 106 valence electrons. The number of benzene rings is 2. The molecule has 0 N–H and O–H groups in total. The van der Waals surface area contributed by atoms with E-state index in [1.807, 2.05) is 43.3 Å². The van der Waals surface area contributed by atoms with E-state index >= 15 is 0 Å². The second-order valence-electron chi connectivity index (χ2n) is 4.66. The van der Waals surface area contributed by atoms with Crippen LogP contribution in [-0.2, 0) is 9.84 Å². The van der Waals surface area contributed by atoms with Crippen molar-refractivity contribution in [2.45, 2.75) is 17.7 Å². The summed E-state index contributed by atoms with van der Waals surface area (Å²) in [5.74, 6) is -0.153. The molecule has 0 saturated carbocycles. The number of sulfone groups is 1. The minimum absolute atomic E-state index is 0.137. The number of rotatable bonds is 4. The molecular formula is C17H15NO2S. The smallest absolute Gasteiger partial charge is 0.216 e. The average molecular weight is 297 g/mol. The van der Waals surface area contributed by atoms with Gasteiger partial charge in [-0.3, -0.25) is 0 Å². The molecule has 21 heavy (non-hydrogen) atoms. The lowest BCUT2D eigenvalue weighted by molar-refractivity contribution is 0.603. The Morgan fingerprint density at radius 1 is 1.05 bits per heavy atom. The van der Waals surface area contributed by atoms with E-state index in [0.717, 1.165) is 5.56 Å². The zero-order valence-corrected chi connectivity index (χ0v) is 12.4. The fraction of sp³-hybridized carbons (Fsp3) is 0.118. The average Bonchev–Trinajstić information content (AvgIpc) is 2.53. The van der Waals surface area contributed by atoms with Crippen molar-refractivity contribution in [3.8, 4) is 6.07 Å². The van der Waals surface area contributed by atoms with Gasteiger partial charge in [-0.1, -0.05) is 55.5 Å². The van der Waals surface area contributed by atoms with Gasteiger partial charge in [0.15, 0.2) is 0 Å². The second-order valence-corrected chi connectivity index (χ2v) is 6.58. The fourth-order valence-electron chi connectivity index (χ4n) is 1.99. The molecule has 0 aromatic heterocycles. The minimum atomic E-state index is -3.75. The Morgan fingerprint density at radius 3 is 2.10 bits per heavy atom. The van der Waals surface area contributed by atoms with E-state index in [0.29, 0.717) is 0 Å². The van der Waals surface area contributed by atoms with Gasteiger partial charge in [-0.2, -0.15) is 5.26 Å². The first-order valence-electron chi connectivity index (χ1n) is 6.52. The lowest BCUT2D eigenvalue weighted by atomic mass is 10.0. The SMILES string of the molecule is C[C@@H](/C=C(\C#N)S(=O)(=O)c1ccccc1)c1ccccc1. The Hall–Kier alpha value is -2.38. The molecule has 0 fully saturated rings. The van der Waals surface area contributed by atoms with Gasteiger partial charge in [0.1, 0.15) is 11.0 Å². The second kappa shape index (κ2) is 6.38. The van der Waals surface area contributed by atoms with E-state index in [4.69, 9.17) is 0 Å². The maximum atomic E-state index is 12.4. The third-order valence-corrected chi connectivity index (χ3v) is 4.88. The molecule has 1 atom stereocenters. The predicted molar refractivity (Wildman–Crippen MR) is 82.2 cm³/mol. The summed E-state index contributed by atoms with van der Waals surface area (Å²) in [6.45, 7) is 1.87. The number of hydrogen-bond acceptors (Lipinski definition) is 3. The molecule has 0 unspecified atom stereocenters. The molecule has 0 radical (unpaired) electrons. The van der Waals surface area contributed by atoms with E-state index in [9.17, 15) is 13.7 Å². The third kappa shape index (κ3) is 3.39. The Balaban J connectivity index is 2.41. The van der Waals surface area contributed by atoms with Gasteiger partial charge < -0.3 is 0 Å². The van der Waals surface area contributed by atoms with Crippen molar-refractivity contribution in [1.29, 1.82) is 5.26 Å². The zero-order valence-electron chi connectivity index (χ0n) is 11.6. The Kier molecular flexibility index (Phi) is 4.56. The van der Waals surface area contributed by atoms with E-state index in [1.165, 1.54) is 18.2 Å². The first-order chi connectivity index (χ1) is 10.1. The van der Waals surface area contributed by atoms with Crippen LogP contribution in [0.3, 0.4) is 0 Å². The van der Waals surface area contributed by atoms with Crippen LogP contribution in [-0.4, -0.2) is 8.42 Å². The standard InChI is InChI=1S/C17H15NO2S/c1-14(15-8-4-2-5-9-15)12-17(13-18)21(19,20)16-10-6-3-7-11-16/h2-12,14H,1H3/b17-12+/t14-/m0/s1. The number of allylic oxidation sites excluding steroid dienone is 2. The molecule has 0 bridgehead atoms. The Labute approximate surface area is 125 Å². The Morgan fingerprint density at radius 2 is 1.57 bits per heavy atom. The quantitative estimate of drug-likeness (QED) is 0.809. The van der Waals surface area contributed by atoms with Crippen molar-refractivity contribution in [1.82, 2.24) is 0 Å². The summed E-state index contributed by atoms with van der Waals surface area (Å²) >= 11 is 0. The van der Waals surface area contributed by atoms with Crippen molar-refractivity contribution < 1.29 is 8.42 Å². The molecule has 0 spiro atoms. The normalized spacial score (nSPS) is 13.4. The predicted octanol–water partition coefficient (Wildman–Crippen LogP) is 3.67. The van der Waals surface area contributed by atoms with Gasteiger partial charge in [0.2, 0.25) is 9.84 Å². The molecule has 0 aliphatic carbocycles. The van der Waals surface area contributed by atoms with Crippen molar-refractivity contribution in [2.75, 3.05) is 0 Å². The van der Waals surface area contributed by atoms with E-state index in [2.05, 4.69) is 0 Å². The third-order valence-electron chi connectivity index (χ3n) is 3.18. The van der Waals surface area contributed by atoms with E-state index in [1.54, 1.807) is 18.2 Å². The minimum Gasteiger partial charge on any atom is -0.218 e. The highest BCUT2D eigenvalue weighted by Gasteiger charge is 2.21. The van der Waals surface area contributed by atoms with Crippen LogP contribution in [0.5, 0.6) is 0 Å². The molecule has 2 aromatic rings. The highest BCUT2D eigenvalue weighted by Crippen LogP contribution is 2.24. The maximum absolute atomic E-state index is 12.4. The van der Waals surface area contributed by atoms with Crippen molar-refractivity contribution in [3.63, 3.8) is 0 Å². The van der Waals surface area contributed by atoms with Crippen LogP contribution in [0.25, 0.3) is 0 Å². The molecule has 3 nitrogen and oxygen atoms in total. The van der Waals surface area contributed by atoms with Crippen molar-refractivity contribution in [2.24, 2.45) is 0 Å². The summed E-state index contributed by atoms with van der Waals surface area (Å²) in [7, 11) is -3.75.